The summed E-state index contributed by atoms with van der Waals surface area (Å²) in [7, 11) is -0.215. The Morgan fingerprint density at radius 3 is 2.52 bits per heavy atom. The Kier molecular flexibility index (Phi) is 4.72. The number of aryl methyl sites for hydroxylation is 1. The van der Waals surface area contributed by atoms with E-state index in [1.165, 1.54) is 4.31 Å². The summed E-state index contributed by atoms with van der Waals surface area (Å²) in [6.45, 7) is 3.33. The van der Waals surface area contributed by atoms with Crippen molar-refractivity contribution in [3.05, 3.63) is 15.8 Å². The molecule has 21 heavy (non-hydrogen) atoms. The lowest BCUT2D eigenvalue weighted by Gasteiger charge is -2.34. The third kappa shape index (κ3) is 3.13. The number of piperidine rings is 1. The van der Waals surface area contributed by atoms with Crippen molar-refractivity contribution in [1.82, 2.24) is 9.21 Å². The van der Waals surface area contributed by atoms with Gasteiger partial charge in [-0.3, -0.25) is 0 Å². The van der Waals surface area contributed by atoms with Crippen LogP contribution >= 0.6 is 11.3 Å². The van der Waals surface area contributed by atoms with Gasteiger partial charge in [-0.25, -0.2) is 13.2 Å². The number of carbonyl (C=O) groups is 1. The fourth-order valence-corrected chi connectivity index (χ4v) is 5.60. The molecular formula is C13H20N2O4S2. The summed E-state index contributed by atoms with van der Waals surface area (Å²) in [4.78, 5) is 13.2. The number of aromatic carboxylic acids is 1. The summed E-state index contributed by atoms with van der Waals surface area (Å²) < 4.78 is 26.9. The Morgan fingerprint density at radius 1 is 1.43 bits per heavy atom. The zero-order valence-electron chi connectivity index (χ0n) is 12.4. The minimum Gasteiger partial charge on any atom is -0.477 e. The second-order valence-corrected chi connectivity index (χ2v) is 8.25. The number of nitrogens with zero attached hydrogens (tertiary/aromatic N) is 2. The molecule has 1 saturated heterocycles. The van der Waals surface area contributed by atoms with Crippen molar-refractivity contribution in [2.45, 2.75) is 30.7 Å². The average Bonchev–Trinajstić information content (AvgIpc) is 2.81. The second kappa shape index (κ2) is 6.04. The zero-order chi connectivity index (χ0) is 15.8. The third-order valence-corrected chi connectivity index (χ3v) is 7.27. The highest BCUT2D eigenvalue weighted by molar-refractivity contribution is 7.89. The van der Waals surface area contributed by atoms with Gasteiger partial charge < -0.3 is 10.0 Å². The van der Waals surface area contributed by atoms with E-state index in [4.69, 9.17) is 0 Å². The number of sulfonamides is 1. The Morgan fingerprint density at radius 2 is 2.00 bits per heavy atom. The van der Waals surface area contributed by atoms with Crippen LogP contribution in [0.4, 0.5) is 0 Å². The topological polar surface area (TPSA) is 77.9 Å². The van der Waals surface area contributed by atoms with Crippen molar-refractivity contribution < 1.29 is 18.3 Å². The molecule has 1 aromatic heterocycles. The number of rotatable bonds is 4. The number of likely N-dealkylation sites (tertiary alicyclic amines) is 1. The third-order valence-electron chi connectivity index (χ3n) is 3.95. The van der Waals surface area contributed by atoms with E-state index in [1.807, 2.05) is 7.05 Å². The normalized spacial score (nSPS) is 18.3. The predicted molar refractivity (Wildman–Crippen MR) is 81.5 cm³/mol. The van der Waals surface area contributed by atoms with E-state index in [9.17, 15) is 18.3 Å². The number of carboxylic acids is 1. The predicted octanol–water partition coefficient (Wildman–Crippen LogP) is 1.47. The van der Waals surface area contributed by atoms with Crippen LogP contribution in [-0.2, 0) is 10.0 Å². The van der Waals surface area contributed by atoms with Crippen LogP contribution in [0.15, 0.2) is 10.3 Å². The molecule has 0 unspecified atom stereocenters. The first-order valence-corrected chi connectivity index (χ1v) is 9.05. The van der Waals surface area contributed by atoms with E-state index < -0.39 is 16.0 Å². The van der Waals surface area contributed by atoms with Gasteiger partial charge in [-0.2, -0.15) is 4.31 Å². The molecule has 1 aromatic rings. The lowest BCUT2D eigenvalue weighted by Crippen LogP contribution is -2.44. The standard InChI is InChI=1S/C13H20N2O4S2/c1-9-8-20-11(13(16)17)12(9)21(18,19)15(3)10-4-6-14(2)7-5-10/h8,10H,4-7H2,1-3H3,(H,16,17). The smallest absolute Gasteiger partial charge is 0.347 e. The number of hydrogen-bond donors (Lipinski definition) is 1. The van der Waals surface area contributed by atoms with Gasteiger partial charge in [0.05, 0.1) is 0 Å². The van der Waals surface area contributed by atoms with Crippen molar-refractivity contribution in [2.24, 2.45) is 0 Å². The van der Waals surface area contributed by atoms with Crippen LogP contribution in [0.2, 0.25) is 0 Å². The van der Waals surface area contributed by atoms with Crippen LogP contribution in [0.3, 0.4) is 0 Å². The summed E-state index contributed by atoms with van der Waals surface area (Å²) in [6, 6.07) is -0.0767. The van der Waals surface area contributed by atoms with Crippen LogP contribution in [-0.4, -0.2) is 61.9 Å². The largest absolute Gasteiger partial charge is 0.477 e. The lowest BCUT2D eigenvalue weighted by molar-refractivity contribution is 0.0698. The zero-order valence-corrected chi connectivity index (χ0v) is 14.0. The summed E-state index contributed by atoms with van der Waals surface area (Å²) >= 11 is 0.962. The highest BCUT2D eigenvalue weighted by atomic mass is 32.2. The van der Waals surface area contributed by atoms with E-state index in [-0.39, 0.29) is 15.8 Å². The number of carboxylic acid groups (broad SMARTS) is 1. The maximum Gasteiger partial charge on any atom is 0.347 e. The molecule has 2 rings (SSSR count). The molecule has 0 radical (unpaired) electrons. The van der Waals surface area contributed by atoms with Gasteiger partial charge in [0, 0.05) is 13.1 Å². The molecular weight excluding hydrogens is 312 g/mol. The maximum atomic E-state index is 12.8. The molecule has 2 heterocycles. The molecule has 0 bridgehead atoms. The van der Waals surface area contributed by atoms with E-state index in [0.717, 1.165) is 37.3 Å². The highest BCUT2D eigenvalue weighted by Crippen LogP contribution is 2.31. The highest BCUT2D eigenvalue weighted by Gasteiger charge is 2.34. The summed E-state index contributed by atoms with van der Waals surface area (Å²) in [5.74, 6) is -1.19. The fourth-order valence-electron chi connectivity index (χ4n) is 2.60. The van der Waals surface area contributed by atoms with Crippen molar-refractivity contribution in [3.8, 4) is 0 Å². The molecule has 1 N–H and O–H groups in total. The Hall–Kier alpha value is -0.960. The monoisotopic (exact) mass is 332 g/mol. The number of thiophene rings is 1. The minimum absolute atomic E-state index is 0.0542. The van der Waals surface area contributed by atoms with Gasteiger partial charge in [0.25, 0.3) is 0 Å². The number of hydrogen-bond acceptors (Lipinski definition) is 5. The van der Waals surface area contributed by atoms with Crippen molar-refractivity contribution in [3.63, 3.8) is 0 Å². The summed E-state index contributed by atoms with van der Waals surface area (Å²) in [5, 5.41) is 10.8. The van der Waals surface area contributed by atoms with Gasteiger partial charge in [-0.05, 0) is 50.8 Å². The van der Waals surface area contributed by atoms with Gasteiger partial charge in [0.15, 0.2) is 0 Å². The van der Waals surface area contributed by atoms with Gasteiger partial charge >= 0.3 is 5.97 Å². The molecule has 118 valence electrons. The Balaban J connectivity index is 2.34. The molecule has 0 amide bonds. The van der Waals surface area contributed by atoms with Crippen molar-refractivity contribution >= 4 is 27.3 Å². The Bertz CT molecular complexity index is 631. The van der Waals surface area contributed by atoms with E-state index >= 15 is 0 Å². The molecule has 6 nitrogen and oxygen atoms in total. The first-order valence-electron chi connectivity index (χ1n) is 6.73. The lowest BCUT2D eigenvalue weighted by atomic mass is 10.1. The van der Waals surface area contributed by atoms with Gasteiger partial charge in [-0.15, -0.1) is 11.3 Å². The van der Waals surface area contributed by atoms with E-state index in [2.05, 4.69) is 4.90 Å². The molecule has 0 saturated carbocycles. The fraction of sp³-hybridized carbons (Fsp3) is 0.615. The van der Waals surface area contributed by atoms with Crippen molar-refractivity contribution in [1.29, 1.82) is 0 Å². The van der Waals surface area contributed by atoms with Crippen LogP contribution in [0, 0.1) is 6.92 Å². The van der Waals surface area contributed by atoms with Crippen LogP contribution < -0.4 is 0 Å². The molecule has 0 aliphatic carbocycles. The quantitative estimate of drug-likeness (QED) is 0.903. The molecule has 1 fully saturated rings. The van der Waals surface area contributed by atoms with Crippen LogP contribution in [0.5, 0.6) is 0 Å². The van der Waals surface area contributed by atoms with Crippen LogP contribution in [0.25, 0.3) is 0 Å². The van der Waals surface area contributed by atoms with Crippen molar-refractivity contribution in [2.75, 3.05) is 27.2 Å². The average molecular weight is 332 g/mol. The van der Waals surface area contributed by atoms with E-state index in [1.54, 1.807) is 19.4 Å². The first kappa shape index (κ1) is 16.4. The van der Waals surface area contributed by atoms with Gasteiger partial charge in [-0.1, -0.05) is 0 Å². The SMILES string of the molecule is Cc1csc(C(=O)O)c1S(=O)(=O)N(C)C1CCN(C)CC1. The molecule has 8 heteroatoms. The molecule has 0 aromatic carbocycles. The maximum absolute atomic E-state index is 12.8. The Labute approximate surface area is 129 Å². The van der Waals surface area contributed by atoms with Gasteiger partial charge in [0.2, 0.25) is 10.0 Å². The minimum atomic E-state index is -3.77. The molecule has 0 spiro atoms. The second-order valence-electron chi connectivity index (χ2n) is 5.44. The van der Waals surface area contributed by atoms with E-state index in [0.29, 0.717) is 5.56 Å². The molecule has 1 aliphatic heterocycles. The molecule has 1 aliphatic rings. The first-order chi connectivity index (χ1) is 9.75. The van der Waals surface area contributed by atoms with Crippen LogP contribution in [0.1, 0.15) is 28.1 Å². The summed E-state index contributed by atoms with van der Waals surface area (Å²) in [5.41, 5.74) is 0.497. The molecule has 0 atom stereocenters. The van der Waals surface area contributed by atoms with Gasteiger partial charge in [0.1, 0.15) is 9.77 Å². The summed E-state index contributed by atoms with van der Waals surface area (Å²) in [6.07, 6.45) is 1.52.